The second kappa shape index (κ2) is 9.12. The average molecular weight is 397 g/mol. The number of hydrogen-bond acceptors (Lipinski definition) is 5. The van der Waals surface area contributed by atoms with Crippen LogP contribution in [0.1, 0.15) is 29.3 Å². The van der Waals surface area contributed by atoms with E-state index in [1.165, 1.54) is 24.3 Å². The van der Waals surface area contributed by atoms with E-state index in [0.29, 0.717) is 6.42 Å². The lowest BCUT2D eigenvalue weighted by Gasteiger charge is -2.15. The summed E-state index contributed by atoms with van der Waals surface area (Å²) >= 11 is 0. The van der Waals surface area contributed by atoms with Gasteiger partial charge in [0, 0.05) is 0 Å². The van der Waals surface area contributed by atoms with Gasteiger partial charge in [0.25, 0.3) is 5.91 Å². The minimum Gasteiger partial charge on any atom is -0.507 e. The third-order valence-electron chi connectivity index (χ3n) is 3.50. The third-order valence-corrected chi connectivity index (χ3v) is 3.50. The molecule has 0 unspecified atom stereocenters. The molecule has 0 aromatic heterocycles. The largest absolute Gasteiger partial charge is 0.507 e. The first kappa shape index (κ1) is 21.1. The van der Waals surface area contributed by atoms with Gasteiger partial charge in [-0.25, -0.2) is 4.79 Å². The van der Waals surface area contributed by atoms with Gasteiger partial charge in [-0.15, -0.1) is 0 Å². The highest BCUT2D eigenvalue weighted by Gasteiger charge is 2.31. The number of benzene rings is 2. The SMILES string of the molecule is CCCOc1ccc(C(F)(F)F)cc1NC(=O)COC(=O)c1ccccc1O. The Hall–Kier alpha value is -3.23. The maximum atomic E-state index is 12.9. The molecule has 0 aliphatic rings. The number of nitrogens with one attached hydrogen (secondary N) is 1. The topological polar surface area (TPSA) is 84.9 Å². The lowest BCUT2D eigenvalue weighted by atomic mass is 10.1. The van der Waals surface area contributed by atoms with Gasteiger partial charge in [0.1, 0.15) is 17.1 Å². The molecular formula is C19H18F3NO5. The van der Waals surface area contributed by atoms with E-state index in [0.717, 1.165) is 18.2 Å². The Bertz CT molecular complexity index is 852. The van der Waals surface area contributed by atoms with Crippen molar-refractivity contribution < 1.29 is 37.3 Å². The number of anilines is 1. The predicted molar refractivity (Wildman–Crippen MR) is 94.2 cm³/mol. The highest BCUT2D eigenvalue weighted by molar-refractivity contribution is 5.97. The molecule has 0 aliphatic heterocycles. The minimum absolute atomic E-state index is 0.0650. The summed E-state index contributed by atoms with van der Waals surface area (Å²) in [6.07, 6.45) is -3.98. The normalized spacial score (nSPS) is 11.0. The maximum Gasteiger partial charge on any atom is 0.416 e. The molecule has 0 bridgehead atoms. The van der Waals surface area contributed by atoms with Gasteiger partial charge in [0.05, 0.1) is 17.9 Å². The van der Waals surface area contributed by atoms with Crippen molar-refractivity contribution in [2.45, 2.75) is 19.5 Å². The fourth-order valence-corrected chi connectivity index (χ4v) is 2.18. The first-order valence-corrected chi connectivity index (χ1v) is 8.31. The van der Waals surface area contributed by atoms with Gasteiger partial charge < -0.3 is 19.9 Å². The van der Waals surface area contributed by atoms with Gasteiger partial charge in [-0.1, -0.05) is 19.1 Å². The highest BCUT2D eigenvalue weighted by Crippen LogP contribution is 2.35. The highest BCUT2D eigenvalue weighted by atomic mass is 19.4. The number of amides is 1. The van der Waals surface area contributed by atoms with Gasteiger partial charge in [0.2, 0.25) is 0 Å². The molecule has 28 heavy (non-hydrogen) atoms. The second-order valence-corrected chi connectivity index (χ2v) is 5.70. The van der Waals surface area contributed by atoms with Crippen molar-refractivity contribution in [3.8, 4) is 11.5 Å². The van der Waals surface area contributed by atoms with Crippen LogP contribution in [-0.4, -0.2) is 30.2 Å². The van der Waals surface area contributed by atoms with Crippen LogP contribution < -0.4 is 10.1 Å². The number of carbonyl (C=O) groups excluding carboxylic acids is 2. The number of carbonyl (C=O) groups is 2. The van der Waals surface area contributed by atoms with Crippen LogP contribution in [0.3, 0.4) is 0 Å². The monoisotopic (exact) mass is 397 g/mol. The number of phenolic OH excluding ortho intramolecular Hbond substituents is 1. The lowest BCUT2D eigenvalue weighted by molar-refractivity contribution is -0.137. The van der Waals surface area contributed by atoms with Crippen molar-refractivity contribution >= 4 is 17.6 Å². The molecule has 2 aromatic carbocycles. The molecule has 6 nitrogen and oxygen atoms in total. The molecule has 0 radical (unpaired) electrons. The summed E-state index contributed by atoms with van der Waals surface area (Å²) in [6.45, 7) is 1.31. The molecule has 2 rings (SSSR count). The number of halogens is 3. The van der Waals surface area contributed by atoms with Crippen LogP contribution in [0.5, 0.6) is 11.5 Å². The molecule has 0 fully saturated rings. The van der Waals surface area contributed by atoms with Crippen LogP contribution in [-0.2, 0) is 15.7 Å². The van der Waals surface area contributed by atoms with Gasteiger partial charge in [0.15, 0.2) is 6.61 Å². The lowest BCUT2D eigenvalue weighted by Crippen LogP contribution is -2.21. The number of ether oxygens (including phenoxy) is 2. The Morgan fingerprint density at radius 1 is 1.14 bits per heavy atom. The van der Waals surface area contributed by atoms with Crippen LogP contribution in [0.25, 0.3) is 0 Å². The smallest absolute Gasteiger partial charge is 0.416 e. The van der Waals surface area contributed by atoms with E-state index < -0.39 is 30.2 Å². The van der Waals surface area contributed by atoms with Crippen LogP contribution in [0.15, 0.2) is 42.5 Å². The van der Waals surface area contributed by atoms with E-state index in [1.807, 2.05) is 6.92 Å². The van der Waals surface area contributed by atoms with E-state index >= 15 is 0 Å². The molecule has 2 N–H and O–H groups in total. The standard InChI is InChI=1S/C19H18F3NO5/c1-2-9-27-16-8-7-12(19(20,21)22)10-14(16)23-17(25)11-28-18(26)13-5-3-4-6-15(13)24/h3-8,10,24H,2,9,11H2,1H3,(H,23,25). The van der Waals surface area contributed by atoms with E-state index in [1.54, 1.807) is 0 Å². The first-order chi connectivity index (χ1) is 13.2. The summed E-state index contributed by atoms with van der Waals surface area (Å²) in [4.78, 5) is 23.9. The number of esters is 1. The number of alkyl halides is 3. The molecule has 0 heterocycles. The summed E-state index contributed by atoms with van der Waals surface area (Å²) in [7, 11) is 0. The maximum absolute atomic E-state index is 12.9. The van der Waals surface area contributed by atoms with Crippen molar-refractivity contribution in [1.29, 1.82) is 0 Å². The molecule has 0 aliphatic carbocycles. The number of phenols is 1. The van der Waals surface area contributed by atoms with Crippen LogP contribution >= 0.6 is 0 Å². The summed E-state index contributed by atoms with van der Waals surface area (Å²) in [5, 5.41) is 11.8. The van der Waals surface area contributed by atoms with Crippen molar-refractivity contribution in [1.82, 2.24) is 0 Å². The third kappa shape index (κ3) is 5.63. The molecule has 0 spiro atoms. The van der Waals surface area contributed by atoms with Gasteiger partial charge in [-0.05, 0) is 36.8 Å². The fourth-order valence-electron chi connectivity index (χ4n) is 2.18. The van der Waals surface area contributed by atoms with E-state index in [-0.39, 0.29) is 29.4 Å². The van der Waals surface area contributed by atoms with Crippen molar-refractivity contribution in [2.24, 2.45) is 0 Å². The Kier molecular flexibility index (Phi) is 6.86. The zero-order valence-electron chi connectivity index (χ0n) is 14.9. The zero-order chi connectivity index (χ0) is 20.7. The zero-order valence-corrected chi connectivity index (χ0v) is 14.9. The number of rotatable bonds is 7. The number of hydrogen-bond donors (Lipinski definition) is 2. The molecule has 2 aromatic rings. The Morgan fingerprint density at radius 2 is 1.86 bits per heavy atom. The Balaban J connectivity index is 2.09. The molecule has 9 heteroatoms. The summed E-state index contributed by atoms with van der Waals surface area (Å²) < 4.78 is 48.9. The Morgan fingerprint density at radius 3 is 2.50 bits per heavy atom. The van der Waals surface area contributed by atoms with E-state index in [4.69, 9.17) is 9.47 Å². The molecule has 150 valence electrons. The molecule has 0 saturated carbocycles. The van der Waals surface area contributed by atoms with E-state index in [2.05, 4.69) is 5.32 Å². The Labute approximate surface area is 158 Å². The number of para-hydroxylation sites is 1. The average Bonchev–Trinajstić information content (AvgIpc) is 2.64. The van der Waals surface area contributed by atoms with Crippen molar-refractivity contribution in [2.75, 3.05) is 18.5 Å². The van der Waals surface area contributed by atoms with Gasteiger partial charge in [-0.2, -0.15) is 13.2 Å². The van der Waals surface area contributed by atoms with Crippen LogP contribution in [0.4, 0.5) is 18.9 Å². The van der Waals surface area contributed by atoms with Crippen LogP contribution in [0, 0.1) is 0 Å². The number of aromatic hydroxyl groups is 1. The summed E-state index contributed by atoms with van der Waals surface area (Å²) in [5.41, 5.74) is -1.29. The fraction of sp³-hybridized carbons (Fsp3) is 0.263. The second-order valence-electron chi connectivity index (χ2n) is 5.70. The molecule has 0 saturated heterocycles. The first-order valence-electron chi connectivity index (χ1n) is 8.31. The van der Waals surface area contributed by atoms with Gasteiger partial charge >= 0.3 is 12.1 Å². The minimum atomic E-state index is -4.60. The quantitative estimate of drug-likeness (QED) is 0.690. The van der Waals surface area contributed by atoms with Crippen LogP contribution in [0.2, 0.25) is 0 Å². The molecule has 0 atom stereocenters. The molecular weight excluding hydrogens is 379 g/mol. The van der Waals surface area contributed by atoms with Crippen molar-refractivity contribution in [3.05, 3.63) is 53.6 Å². The van der Waals surface area contributed by atoms with Gasteiger partial charge in [-0.3, -0.25) is 4.79 Å². The summed E-state index contributed by atoms with van der Waals surface area (Å²) in [5.74, 6) is -2.06. The van der Waals surface area contributed by atoms with Crippen molar-refractivity contribution in [3.63, 3.8) is 0 Å². The van der Waals surface area contributed by atoms with E-state index in [9.17, 15) is 27.9 Å². The predicted octanol–water partition coefficient (Wildman–Crippen LogP) is 4.00. The molecule has 1 amide bonds. The summed E-state index contributed by atoms with van der Waals surface area (Å²) in [6, 6.07) is 8.28.